The second kappa shape index (κ2) is 5.89. The second-order valence-corrected chi connectivity index (χ2v) is 7.18. The summed E-state index contributed by atoms with van der Waals surface area (Å²) < 4.78 is 5.91. The number of rotatable bonds is 2. The highest BCUT2D eigenvalue weighted by atomic mass is 32.2. The Hall–Kier alpha value is -1.20. The van der Waals surface area contributed by atoms with Crippen LogP contribution in [0.25, 0.3) is 0 Å². The number of thioether (sulfide) groups is 1. The molecule has 0 saturated carbocycles. The van der Waals surface area contributed by atoms with Crippen molar-refractivity contribution in [3.8, 4) is 5.75 Å². The smallest absolute Gasteiger partial charge is 0.264 e. The Labute approximate surface area is 130 Å². The van der Waals surface area contributed by atoms with Gasteiger partial charge in [-0.3, -0.25) is 4.79 Å². The number of hydrogen-bond donors (Lipinski definition) is 0. The predicted octanol–water partition coefficient (Wildman–Crippen LogP) is 1.95. The van der Waals surface area contributed by atoms with Gasteiger partial charge in [0.15, 0.2) is 6.10 Å². The van der Waals surface area contributed by atoms with Gasteiger partial charge in [0.1, 0.15) is 5.75 Å². The van der Waals surface area contributed by atoms with Crippen molar-refractivity contribution in [1.29, 1.82) is 0 Å². The first-order valence-electron chi connectivity index (χ1n) is 7.40. The van der Waals surface area contributed by atoms with Gasteiger partial charge in [-0.1, -0.05) is 19.1 Å². The van der Waals surface area contributed by atoms with Gasteiger partial charge in [-0.15, -0.1) is 11.8 Å². The normalized spacial score (nSPS) is 28.4. The molecule has 3 atom stereocenters. The Morgan fingerprint density at radius 1 is 1.33 bits per heavy atom. The summed E-state index contributed by atoms with van der Waals surface area (Å²) in [7, 11) is 4.16. The van der Waals surface area contributed by atoms with E-state index in [2.05, 4.69) is 25.9 Å². The van der Waals surface area contributed by atoms with Crippen molar-refractivity contribution >= 4 is 17.7 Å². The maximum absolute atomic E-state index is 12.7. The summed E-state index contributed by atoms with van der Waals surface area (Å²) in [6.45, 7) is 3.84. The van der Waals surface area contributed by atoms with Gasteiger partial charge in [0, 0.05) is 29.8 Å². The number of benzene rings is 1. The third-order valence-corrected chi connectivity index (χ3v) is 5.45. The van der Waals surface area contributed by atoms with Gasteiger partial charge < -0.3 is 14.5 Å². The molecule has 1 aromatic carbocycles. The van der Waals surface area contributed by atoms with E-state index in [9.17, 15) is 4.79 Å². The number of amides is 1. The molecule has 2 aliphatic rings. The van der Waals surface area contributed by atoms with Crippen LogP contribution in [0.1, 0.15) is 6.92 Å². The molecular formula is C16H22N2O2S. The second-order valence-electron chi connectivity index (χ2n) is 6.12. The summed E-state index contributed by atoms with van der Waals surface area (Å²) in [5.41, 5.74) is 0. The summed E-state index contributed by atoms with van der Waals surface area (Å²) in [6.07, 6.45) is -0.349. The standard InChI is InChI=1S/C16H22N2O2S/c1-11-8-18(9-12(11)17(2)3)16(19)14-10-21-15-7-5-4-6-13(15)20-14/h4-7,11-12,14H,8-10H2,1-3H3/t11-,12+,14-/m1/s1. The van der Waals surface area contributed by atoms with Crippen molar-refractivity contribution in [3.05, 3.63) is 24.3 Å². The first kappa shape index (κ1) is 14.7. The van der Waals surface area contributed by atoms with Crippen LogP contribution in [0.4, 0.5) is 0 Å². The summed E-state index contributed by atoms with van der Waals surface area (Å²) in [5, 5.41) is 0. The lowest BCUT2D eigenvalue weighted by Crippen LogP contribution is -2.44. The SMILES string of the molecule is C[C@@H]1CN(C(=O)[C@H]2CSc3ccccc3O2)C[C@@H]1N(C)C. The monoisotopic (exact) mass is 306 g/mol. The molecule has 0 bridgehead atoms. The third kappa shape index (κ3) is 2.90. The molecule has 1 aromatic rings. The van der Waals surface area contributed by atoms with Crippen LogP contribution in [-0.4, -0.2) is 60.8 Å². The highest BCUT2D eigenvalue weighted by Crippen LogP contribution is 2.35. The molecule has 5 heteroatoms. The van der Waals surface area contributed by atoms with Gasteiger partial charge in [0.2, 0.25) is 0 Å². The quantitative estimate of drug-likeness (QED) is 0.836. The number of hydrogen-bond acceptors (Lipinski definition) is 4. The van der Waals surface area contributed by atoms with Crippen LogP contribution in [0.2, 0.25) is 0 Å². The molecule has 1 fully saturated rings. The molecule has 0 aliphatic carbocycles. The van der Waals surface area contributed by atoms with Crippen LogP contribution in [0.3, 0.4) is 0 Å². The Morgan fingerprint density at radius 2 is 2.10 bits per heavy atom. The lowest BCUT2D eigenvalue weighted by molar-refractivity contribution is -0.137. The molecule has 2 heterocycles. The van der Waals surface area contributed by atoms with Gasteiger partial charge in [0.25, 0.3) is 5.91 Å². The number of likely N-dealkylation sites (N-methyl/N-ethyl adjacent to an activating group) is 1. The van der Waals surface area contributed by atoms with Crippen molar-refractivity contribution in [1.82, 2.24) is 9.80 Å². The van der Waals surface area contributed by atoms with Crippen LogP contribution in [0, 0.1) is 5.92 Å². The molecule has 4 nitrogen and oxygen atoms in total. The topological polar surface area (TPSA) is 32.8 Å². The number of ether oxygens (including phenoxy) is 1. The molecule has 0 aromatic heterocycles. The van der Waals surface area contributed by atoms with E-state index in [0.717, 1.165) is 23.7 Å². The molecule has 0 spiro atoms. The maximum atomic E-state index is 12.7. The average molecular weight is 306 g/mol. The van der Waals surface area contributed by atoms with E-state index in [4.69, 9.17) is 4.74 Å². The van der Waals surface area contributed by atoms with Crippen LogP contribution in [0.15, 0.2) is 29.2 Å². The molecule has 114 valence electrons. The highest BCUT2D eigenvalue weighted by Gasteiger charge is 2.38. The number of fused-ring (bicyclic) bond motifs is 1. The Kier molecular flexibility index (Phi) is 4.13. The van der Waals surface area contributed by atoms with E-state index in [-0.39, 0.29) is 12.0 Å². The van der Waals surface area contributed by atoms with Gasteiger partial charge in [-0.25, -0.2) is 0 Å². The molecule has 1 saturated heterocycles. The zero-order chi connectivity index (χ0) is 15.0. The van der Waals surface area contributed by atoms with Crippen molar-refractivity contribution in [2.45, 2.75) is 24.0 Å². The zero-order valence-electron chi connectivity index (χ0n) is 12.8. The highest BCUT2D eigenvalue weighted by molar-refractivity contribution is 7.99. The van der Waals surface area contributed by atoms with Crippen molar-refractivity contribution in [3.63, 3.8) is 0 Å². The number of nitrogens with zero attached hydrogens (tertiary/aromatic N) is 2. The fourth-order valence-corrected chi connectivity index (χ4v) is 4.12. The molecule has 0 unspecified atom stereocenters. The van der Waals surface area contributed by atoms with Crippen LogP contribution < -0.4 is 4.74 Å². The summed E-state index contributed by atoms with van der Waals surface area (Å²) in [6, 6.07) is 8.38. The van der Waals surface area contributed by atoms with E-state index >= 15 is 0 Å². The maximum Gasteiger partial charge on any atom is 0.264 e. The van der Waals surface area contributed by atoms with E-state index < -0.39 is 0 Å². The first-order chi connectivity index (χ1) is 10.1. The number of carbonyl (C=O) groups excluding carboxylic acids is 1. The van der Waals surface area contributed by atoms with E-state index in [1.807, 2.05) is 29.2 Å². The molecule has 0 radical (unpaired) electrons. The Balaban J connectivity index is 1.68. The fraction of sp³-hybridized carbons (Fsp3) is 0.562. The minimum atomic E-state index is -0.349. The molecule has 2 aliphatic heterocycles. The molecule has 21 heavy (non-hydrogen) atoms. The van der Waals surface area contributed by atoms with E-state index in [1.165, 1.54) is 0 Å². The Bertz CT molecular complexity index is 535. The summed E-state index contributed by atoms with van der Waals surface area (Å²) in [4.78, 5) is 18.0. The minimum Gasteiger partial charge on any atom is -0.479 e. The molecular weight excluding hydrogens is 284 g/mol. The minimum absolute atomic E-state index is 0.133. The lowest BCUT2D eigenvalue weighted by atomic mass is 10.1. The Morgan fingerprint density at radius 3 is 2.81 bits per heavy atom. The van der Waals surface area contributed by atoms with Gasteiger partial charge in [-0.2, -0.15) is 0 Å². The van der Waals surface area contributed by atoms with Gasteiger partial charge in [0.05, 0.1) is 0 Å². The predicted molar refractivity (Wildman–Crippen MR) is 84.8 cm³/mol. The van der Waals surface area contributed by atoms with E-state index in [1.54, 1.807) is 11.8 Å². The largest absolute Gasteiger partial charge is 0.479 e. The zero-order valence-corrected chi connectivity index (χ0v) is 13.6. The molecule has 3 rings (SSSR count). The number of para-hydroxylation sites is 1. The van der Waals surface area contributed by atoms with Crippen molar-refractivity contribution in [2.24, 2.45) is 5.92 Å². The van der Waals surface area contributed by atoms with Gasteiger partial charge in [-0.05, 0) is 32.1 Å². The van der Waals surface area contributed by atoms with Crippen LogP contribution >= 0.6 is 11.8 Å². The molecule has 0 N–H and O–H groups in total. The first-order valence-corrected chi connectivity index (χ1v) is 8.38. The van der Waals surface area contributed by atoms with Crippen LogP contribution in [-0.2, 0) is 4.79 Å². The lowest BCUT2D eigenvalue weighted by Gasteiger charge is -2.28. The van der Waals surface area contributed by atoms with Crippen molar-refractivity contribution < 1.29 is 9.53 Å². The molecule has 1 amide bonds. The summed E-state index contributed by atoms with van der Waals surface area (Å²) in [5.74, 6) is 2.18. The van der Waals surface area contributed by atoms with Crippen molar-refractivity contribution in [2.75, 3.05) is 32.9 Å². The number of likely N-dealkylation sites (tertiary alicyclic amines) is 1. The van der Waals surface area contributed by atoms with E-state index in [0.29, 0.717) is 17.7 Å². The fourth-order valence-electron chi connectivity index (χ4n) is 3.15. The summed E-state index contributed by atoms with van der Waals surface area (Å²) >= 11 is 1.71. The average Bonchev–Trinajstić information content (AvgIpc) is 2.88. The van der Waals surface area contributed by atoms with Gasteiger partial charge >= 0.3 is 0 Å². The van der Waals surface area contributed by atoms with Crippen LogP contribution in [0.5, 0.6) is 5.75 Å². The third-order valence-electron chi connectivity index (χ3n) is 4.33. The number of carbonyl (C=O) groups is 1.